The van der Waals surface area contributed by atoms with Gasteiger partial charge in [0.1, 0.15) is 5.15 Å². The molecule has 0 amide bonds. The zero-order valence-corrected chi connectivity index (χ0v) is 10.5. The molecule has 84 valence electrons. The molecule has 0 aliphatic carbocycles. The number of hydrogen-bond acceptors (Lipinski definition) is 2. The van der Waals surface area contributed by atoms with E-state index in [0.717, 1.165) is 6.54 Å². The van der Waals surface area contributed by atoms with Crippen LogP contribution in [0.25, 0.3) is 0 Å². The summed E-state index contributed by atoms with van der Waals surface area (Å²) in [5.41, 5.74) is 1.21. The van der Waals surface area contributed by atoms with Gasteiger partial charge in [-0.15, -0.1) is 0 Å². The average molecular weight is 227 g/mol. The summed E-state index contributed by atoms with van der Waals surface area (Å²) in [6.45, 7) is 5.41. The summed E-state index contributed by atoms with van der Waals surface area (Å²) in [7, 11) is 2.15. The summed E-state index contributed by atoms with van der Waals surface area (Å²) >= 11 is 5.74. The Morgan fingerprint density at radius 3 is 2.73 bits per heavy atom. The molecule has 1 unspecified atom stereocenters. The van der Waals surface area contributed by atoms with Gasteiger partial charge in [-0.25, -0.2) is 4.98 Å². The van der Waals surface area contributed by atoms with Gasteiger partial charge in [-0.2, -0.15) is 0 Å². The number of aromatic nitrogens is 1. The summed E-state index contributed by atoms with van der Waals surface area (Å²) in [6, 6.07) is 4.49. The maximum Gasteiger partial charge on any atom is 0.129 e. The van der Waals surface area contributed by atoms with E-state index >= 15 is 0 Å². The van der Waals surface area contributed by atoms with Crippen molar-refractivity contribution in [1.29, 1.82) is 0 Å². The van der Waals surface area contributed by atoms with Crippen LogP contribution in [0.15, 0.2) is 18.3 Å². The van der Waals surface area contributed by atoms with Crippen LogP contribution in [0.3, 0.4) is 0 Å². The summed E-state index contributed by atoms with van der Waals surface area (Å²) in [5.74, 6) is 0. The molecule has 0 saturated carbocycles. The van der Waals surface area contributed by atoms with Crippen LogP contribution in [0.4, 0.5) is 0 Å². The predicted molar refractivity (Wildman–Crippen MR) is 65.1 cm³/mol. The van der Waals surface area contributed by atoms with Crippen LogP contribution < -0.4 is 0 Å². The highest BCUT2D eigenvalue weighted by Gasteiger charge is 2.08. The van der Waals surface area contributed by atoms with E-state index in [1.54, 1.807) is 0 Å². The van der Waals surface area contributed by atoms with Gasteiger partial charge in [-0.1, -0.05) is 31.0 Å². The third kappa shape index (κ3) is 4.18. The molecule has 0 fully saturated rings. The Labute approximate surface area is 97.3 Å². The van der Waals surface area contributed by atoms with Gasteiger partial charge in [0, 0.05) is 18.8 Å². The number of pyridine rings is 1. The number of hydrogen-bond donors (Lipinski definition) is 0. The van der Waals surface area contributed by atoms with Gasteiger partial charge in [0.05, 0.1) is 0 Å². The number of halogens is 1. The van der Waals surface area contributed by atoms with Gasteiger partial charge in [0.2, 0.25) is 0 Å². The molecule has 0 N–H and O–H groups in total. The van der Waals surface area contributed by atoms with Crippen LogP contribution in [0.2, 0.25) is 5.15 Å². The largest absolute Gasteiger partial charge is 0.299 e. The molecule has 1 aromatic rings. The van der Waals surface area contributed by atoms with Gasteiger partial charge in [-0.3, -0.25) is 4.90 Å². The standard InChI is InChI=1S/C12H19ClN2/c1-4-5-10(2)15(3)9-11-6-7-12(13)14-8-11/h6-8,10H,4-5,9H2,1-3H3. The Morgan fingerprint density at radius 2 is 2.20 bits per heavy atom. The lowest BCUT2D eigenvalue weighted by atomic mass is 10.1. The molecule has 0 bridgehead atoms. The maximum atomic E-state index is 5.74. The van der Waals surface area contributed by atoms with E-state index < -0.39 is 0 Å². The van der Waals surface area contributed by atoms with Gasteiger partial charge in [-0.05, 0) is 32.0 Å². The van der Waals surface area contributed by atoms with Gasteiger partial charge >= 0.3 is 0 Å². The van der Waals surface area contributed by atoms with E-state index in [0.29, 0.717) is 11.2 Å². The maximum absolute atomic E-state index is 5.74. The molecule has 0 saturated heterocycles. The van der Waals surface area contributed by atoms with E-state index in [1.165, 1.54) is 18.4 Å². The topological polar surface area (TPSA) is 16.1 Å². The molecule has 1 heterocycles. The van der Waals surface area contributed by atoms with Crippen molar-refractivity contribution in [2.45, 2.75) is 39.3 Å². The first-order chi connectivity index (χ1) is 7.13. The van der Waals surface area contributed by atoms with Crippen molar-refractivity contribution in [3.05, 3.63) is 29.0 Å². The molecule has 0 radical (unpaired) electrons. The monoisotopic (exact) mass is 226 g/mol. The molecule has 1 aromatic heterocycles. The van der Waals surface area contributed by atoms with Crippen molar-refractivity contribution < 1.29 is 0 Å². The van der Waals surface area contributed by atoms with Crippen molar-refractivity contribution in [2.24, 2.45) is 0 Å². The molecule has 15 heavy (non-hydrogen) atoms. The summed E-state index contributed by atoms with van der Waals surface area (Å²) in [6.07, 6.45) is 4.30. The zero-order valence-electron chi connectivity index (χ0n) is 9.70. The molecule has 2 nitrogen and oxygen atoms in total. The second-order valence-corrected chi connectivity index (χ2v) is 4.43. The van der Waals surface area contributed by atoms with Crippen molar-refractivity contribution in [2.75, 3.05) is 7.05 Å². The van der Waals surface area contributed by atoms with Gasteiger partial charge < -0.3 is 0 Å². The highest BCUT2D eigenvalue weighted by atomic mass is 35.5. The summed E-state index contributed by atoms with van der Waals surface area (Å²) < 4.78 is 0. The lowest BCUT2D eigenvalue weighted by Gasteiger charge is -2.24. The number of nitrogens with zero attached hydrogens (tertiary/aromatic N) is 2. The van der Waals surface area contributed by atoms with Crippen LogP contribution in [0, 0.1) is 0 Å². The lowest BCUT2D eigenvalue weighted by molar-refractivity contribution is 0.236. The highest BCUT2D eigenvalue weighted by molar-refractivity contribution is 6.29. The van der Waals surface area contributed by atoms with Crippen LogP contribution in [0.1, 0.15) is 32.3 Å². The third-order valence-corrected chi connectivity index (χ3v) is 2.90. The average Bonchev–Trinajstić information content (AvgIpc) is 2.22. The summed E-state index contributed by atoms with van der Waals surface area (Å²) in [4.78, 5) is 6.42. The van der Waals surface area contributed by atoms with E-state index in [-0.39, 0.29) is 0 Å². The first-order valence-corrected chi connectivity index (χ1v) is 5.82. The van der Waals surface area contributed by atoms with E-state index in [2.05, 4.69) is 30.8 Å². The second-order valence-electron chi connectivity index (χ2n) is 4.04. The second kappa shape index (κ2) is 6.09. The highest BCUT2D eigenvalue weighted by Crippen LogP contribution is 2.11. The molecule has 0 aliphatic heterocycles. The van der Waals surface area contributed by atoms with Crippen molar-refractivity contribution in [3.8, 4) is 0 Å². The van der Waals surface area contributed by atoms with Crippen LogP contribution in [-0.4, -0.2) is 23.0 Å². The number of rotatable bonds is 5. The van der Waals surface area contributed by atoms with Crippen LogP contribution in [0.5, 0.6) is 0 Å². The van der Waals surface area contributed by atoms with E-state index in [9.17, 15) is 0 Å². The minimum absolute atomic E-state index is 0.558. The molecule has 1 rings (SSSR count). The van der Waals surface area contributed by atoms with Gasteiger partial charge in [0.15, 0.2) is 0 Å². The minimum atomic E-state index is 0.558. The summed E-state index contributed by atoms with van der Waals surface area (Å²) in [5, 5.41) is 0.558. The fourth-order valence-electron chi connectivity index (χ4n) is 1.58. The molecule has 0 aliphatic rings. The molecular formula is C12H19ClN2. The molecule has 1 atom stereocenters. The van der Waals surface area contributed by atoms with Crippen LogP contribution in [-0.2, 0) is 6.54 Å². The third-order valence-electron chi connectivity index (χ3n) is 2.68. The predicted octanol–water partition coefficient (Wildman–Crippen LogP) is 3.36. The lowest BCUT2D eigenvalue weighted by Crippen LogP contribution is -2.28. The molecule has 0 spiro atoms. The Morgan fingerprint density at radius 1 is 1.47 bits per heavy atom. The van der Waals surface area contributed by atoms with E-state index in [4.69, 9.17) is 11.6 Å². The molecular weight excluding hydrogens is 208 g/mol. The first kappa shape index (κ1) is 12.5. The normalized spacial score (nSPS) is 13.1. The Hall–Kier alpha value is -0.600. The SMILES string of the molecule is CCCC(C)N(C)Cc1ccc(Cl)nc1. The fraction of sp³-hybridized carbons (Fsp3) is 0.583. The fourth-order valence-corrected chi connectivity index (χ4v) is 1.69. The molecule has 0 aromatic carbocycles. The van der Waals surface area contributed by atoms with Crippen molar-refractivity contribution in [1.82, 2.24) is 9.88 Å². The Bertz CT molecular complexity index is 284. The van der Waals surface area contributed by atoms with Gasteiger partial charge in [0.25, 0.3) is 0 Å². The van der Waals surface area contributed by atoms with Crippen LogP contribution >= 0.6 is 11.6 Å². The Kier molecular flexibility index (Phi) is 5.06. The van der Waals surface area contributed by atoms with Crippen molar-refractivity contribution >= 4 is 11.6 Å². The van der Waals surface area contributed by atoms with E-state index in [1.807, 2.05) is 18.3 Å². The minimum Gasteiger partial charge on any atom is -0.299 e. The molecule has 3 heteroatoms. The van der Waals surface area contributed by atoms with Crippen molar-refractivity contribution in [3.63, 3.8) is 0 Å². The zero-order chi connectivity index (χ0) is 11.3. The Balaban J connectivity index is 2.50. The smallest absolute Gasteiger partial charge is 0.129 e. The quantitative estimate of drug-likeness (QED) is 0.716. The first-order valence-electron chi connectivity index (χ1n) is 5.44.